The van der Waals surface area contributed by atoms with Gasteiger partial charge in [0, 0.05) is 24.0 Å². The van der Waals surface area contributed by atoms with Crippen LogP contribution in [0.3, 0.4) is 0 Å². The van der Waals surface area contributed by atoms with Crippen LogP contribution >= 0.6 is 0 Å². The molecule has 0 atom stereocenters. The molecule has 0 unspecified atom stereocenters. The van der Waals surface area contributed by atoms with Crippen LogP contribution in [0, 0.1) is 6.92 Å². The predicted octanol–water partition coefficient (Wildman–Crippen LogP) is 2.96. The molecule has 1 aromatic carbocycles. The fourth-order valence-electron chi connectivity index (χ4n) is 2.58. The number of hydrogen-bond acceptors (Lipinski definition) is 3. The monoisotopic (exact) mass is 240 g/mol. The number of benzene rings is 1. The van der Waals surface area contributed by atoms with Crippen LogP contribution in [0.5, 0.6) is 0 Å². The minimum atomic E-state index is 0.688. The second-order valence-corrected chi connectivity index (χ2v) is 4.89. The maximum Gasteiger partial charge on any atom is 0.150 e. The molecule has 1 saturated heterocycles. The number of anilines is 1. The van der Waals surface area contributed by atoms with E-state index in [0.717, 1.165) is 36.1 Å². The lowest BCUT2D eigenvalue weighted by molar-refractivity contribution is 0.112. The second-order valence-electron chi connectivity index (χ2n) is 4.89. The normalized spacial score (nSPS) is 15.3. The summed E-state index contributed by atoms with van der Waals surface area (Å²) in [5, 5.41) is 1.13. The van der Waals surface area contributed by atoms with Crippen molar-refractivity contribution in [1.29, 1.82) is 0 Å². The van der Waals surface area contributed by atoms with Gasteiger partial charge in [-0.25, -0.2) is 4.98 Å². The highest BCUT2D eigenvalue weighted by Gasteiger charge is 2.14. The van der Waals surface area contributed by atoms with Crippen LogP contribution in [0.1, 0.15) is 28.8 Å². The summed E-state index contributed by atoms with van der Waals surface area (Å²) in [6.45, 7) is 4.28. The van der Waals surface area contributed by atoms with Gasteiger partial charge in [0.1, 0.15) is 12.1 Å². The lowest BCUT2D eigenvalue weighted by Crippen LogP contribution is -2.19. The first-order valence-electron chi connectivity index (χ1n) is 6.39. The highest BCUT2D eigenvalue weighted by molar-refractivity contribution is 5.89. The van der Waals surface area contributed by atoms with E-state index in [1.807, 2.05) is 18.2 Å². The van der Waals surface area contributed by atoms with Crippen molar-refractivity contribution in [3.05, 3.63) is 35.4 Å². The van der Waals surface area contributed by atoms with Crippen LogP contribution < -0.4 is 4.90 Å². The fraction of sp³-hybridized carbons (Fsp3) is 0.333. The highest BCUT2D eigenvalue weighted by atomic mass is 16.1. The molecule has 0 saturated carbocycles. The highest BCUT2D eigenvalue weighted by Crippen LogP contribution is 2.25. The van der Waals surface area contributed by atoms with Crippen molar-refractivity contribution < 1.29 is 4.79 Å². The molecule has 1 aliphatic heterocycles. The van der Waals surface area contributed by atoms with Gasteiger partial charge in [-0.15, -0.1) is 0 Å². The van der Waals surface area contributed by atoms with Crippen LogP contribution in [0.15, 0.2) is 24.3 Å². The van der Waals surface area contributed by atoms with Crippen molar-refractivity contribution in [2.45, 2.75) is 19.8 Å². The molecule has 3 nitrogen and oxygen atoms in total. The van der Waals surface area contributed by atoms with Crippen molar-refractivity contribution in [2.24, 2.45) is 0 Å². The summed E-state index contributed by atoms with van der Waals surface area (Å²) >= 11 is 0. The Morgan fingerprint density at radius 1 is 1.22 bits per heavy atom. The molecule has 1 aliphatic rings. The number of carbonyl (C=O) groups excluding carboxylic acids is 1. The molecule has 0 aliphatic carbocycles. The maximum atomic E-state index is 10.8. The third kappa shape index (κ3) is 1.86. The van der Waals surface area contributed by atoms with Crippen LogP contribution in [0.25, 0.3) is 10.9 Å². The van der Waals surface area contributed by atoms with Crippen LogP contribution in [-0.4, -0.2) is 24.4 Å². The lowest BCUT2D eigenvalue weighted by Gasteiger charge is -2.17. The van der Waals surface area contributed by atoms with Gasteiger partial charge < -0.3 is 4.90 Å². The summed E-state index contributed by atoms with van der Waals surface area (Å²) in [5.74, 6) is 1.04. The van der Waals surface area contributed by atoms with Gasteiger partial charge in [0.15, 0.2) is 0 Å². The zero-order chi connectivity index (χ0) is 12.5. The van der Waals surface area contributed by atoms with E-state index in [1.165, 1.54) is 18.4 Å². The number of aryl methyl sites for hydroxylation is 1. The minimum Gasteiger partial charge on any atom is -0.357 e. The fourth-order valence-corrected chi connectivity index (χ4v) is 2.58. The molecule has 0 amide bonds. The molecule has 0 radical (unpaired) electrons. The van der Waals surface area contributed by atoms with Gasteiger partial charge in [-0.3, -0.25) is 4.79 Å². The number of nitrogens with zero attached hydrogens (tertiary/aromatic N) is 2. The van der Waals surface area contributed by atoms with Crippen LogP contribution in [-0.2, 0) is 0 Å². The summed E-state index contributed by atoms with van der Waals surface area (Å²) in [6.07, 6.45) is 3.36. The molecule has 0 bridgehead atoms. The zero-order valence-electron chi connectivity index (χ0n) is 10.5. The molecule has 0 spiro atoms. The summed E-state index contributed by atoms with van der Waals surface area (Å²) in [6, 6.07) is 7.85. The lowest BCUT2D eigenvalue weighted by atomic mass is 10.1. The number of pyridine rings is 1. The minimum absolute atomic E-state index is 0.688. The number of hydrogen-bond donors (Lipinski definition) is 0. The number of rotatable bonds is 2. The molecule has 18 heavy (non-hydrogen) atoms. The Bertz CT molecular complexity index is 601. The molecule has 92 valence electrons. The van der Waals surface area contributed by atoms with Crippen molar-refractivity contribution in [1.82, 2.24) is 4.98 Å². The largest absolute Gasteiger partial charge is 0.357 e. The molecular weight excluding hydrogens is 224 g/mol. The quantitative estimate of drug-likeness (QED) is 0.757. The smallest absolute Gasteiger partial charge is 0.150 e. The van der Waals surface area contributed by atoms with E-state index in [1.54, 1.807) is 0 Å². The molecule has 1 aromatic heterocycles. The van der Waals surface area contributed by atoms with Crippen LogP contribution in [0.4, 0.5) is 5.82 Å². The molecular formula is C15H16N2O. The van der Waals surface area contributed by atoms with Crippen LogP contribution in [0.2, 0.25) is 0 Å². The zero-order valence-corrected chi connectivity index (χ0v) is 10.5. The summed E-state index contributed by atoms with van der Waals surface area (Å²) in [7, 11) is 0. The van der Waals surface area contributed by atoms with Crippen molar-refractivity contribution in [2.75, 3.05) is 18.0 Å². The van der Waals surface area contributed by atoms with E-state index in [9.17, 15) is 4.79 Å². The number of aldehydes is 1. The number of aromatic nitrogens is 1. The van der Waals surface area contributed by atoms with E-state index in [2.05, 4.69) is 17.9 Å². The molecule has 0 N–H and O–H groups in total. The third-order valence-electron chi connectivity index (χ3n) is 3.59. The number of carbonyl (C=O) groups is 1. The summed E-state index contributed by atoms with van der Waals surface area (Å²) < 4.78 is 0. The first kappa shape index (κ1) is 11.2. The third-order valence-corrected chi connectivity index (χ3v) is 3.59. The predicted molar refractivity (Wildman–Crippen MR) is 73.3 cm³/mol. The SMILES string of the molecule is Cc1cc(N2CCCC2)nc2cc(C=O)ccc12. The van der Waals surface area contributed by atoms with Gasteiger partial charge in [-0.05, 0) is 37.5 Å². The average Bonchev–Trinajstić information content (AvgIpc) is 2.91. The van der Waals surface area contributed by atoms with Gasteiger partial charge in [-0.1, -0.05) is 12.1 Å². The van der Waals surface area contributed by atoms with E-state index in [4.69, 9.17) is 4.98 Å². The first-order chi connectivity index (χ1) is 8.78. The molecule has 2 heterocycles. The second kappa shape index (κ2) is 4.41. The Morgan fingerprint density at radius 2 is 2.00 bits per heavy atom. The Kier molecular flexibility index (Phi) is 2.74. The van der Waals surface area contributed by atoms with Gasteiger partial charge in [0.25, 0.3) is 0 Å². The molecule has 3 rings (SSSR count). The Balaban J connectivity index is 2.14. The standard InChI is InChI=1S/C15H16N2O/c1-11-8-15(17-6-2-3-7-17)16-14-9-12(10-18)4-5-13(11)14/h4-5,8-10H,2-3,6-7H2,1H3. The van der Waals surface area contributed by atoms with Gasteiger partial charge >= 0.3 is 0 Å². The summed E-state index contributed by atoms with van der Waals surface area (Å²) in [5.41, 5.74) is 2.83. The topological polar surface area (TPSA) is 33.2 Å². The Hall–Kier alpha value is -1.90. The van der Waals surface area contributed by atoms with E-state index in [-0.39, 0.29) is 0 Å². The van der Waals surface area contributed by atoms with Crippen molar-refractivity contribution in [3.63, 3.8) is 0 Å². The molecule has 2 aromatic rings. The number of fused-ring (bicyclic) bond motifs is 1. The maximum absolute atomic E-state index is 10.8. The molecule has 1 fully saturated rings. The van der Waals surface area contributed by atoms with Crippen molar-refractivity contribution in [3.8, 4) is 0 Å². The van der Waals surface area contributed by atoms with Gasteiger partial charge in [-0.2, -0.15) is 0 Å². The van der Waals surface area contributed by atoms with Crippen molar-refractivity contribution >= 4 is 23.0 Å². The summed E-state index contributed by atoms with van der Waals surface area (Å²) in [4.78, 5) is 17.9. The van der Waals surface area contributed by atoms with E-state index >= 15 is 0 Å². The Labute approximate surface area is 106 Å². The average molecular weight is 240 g/mol. The van der Waals surface area contributed by atoms with Gasteiger partial charge in [0.05, 0.1) is 5.52 Å². The van der Waals surface area contributed by atoms with Gasteiger partial charge in [0.2, 0.25) is 0 Å². The molecule has 3 heteroatoms. The van der Waals surface area contributed by atoms with E-state index in [0.29, 0.717) is 5.56 Å². The first-order valence-corrected chi connectivity index (χ1v) is 6.39. The van der Waals surface area contributed by atoms with E-state index < -0.39 is 0 Å². The Morgan fingerprint density at radius 3 is 2.72 bits per heavy atom.